The van der Waals surface area contributed by atoms with Crippen LogP contribution in [0, 0.1) is 4.91 Å². The molecule has 13 heavy (non-hydrogen) atoms. The molecule has 0 bridgehead atoms. The fourth-order valence-electron chi connectivity index (χ4n) is 0.913. The maximum atomic E-state index is 9.97. The molecule has 0 aromatic heterocycles. The first kappa shape index (κ1) is 9.80. The number of halogens is 1. The maximum Gasteiger partial charge on any atom is 0.145 e. The normalized spacial score (nSPS) is 9.38. The molecule has 0 aliphatic carbocycles. The smallest absolute Gasteiger partial charge is 0.145 e. The molecule has 5 heteroatoms. The Morgan fingerprint density at radius 3 is 3.00 bits per heavy atom. The van der Waals surface area contributed by atoms with Crippen LogP contribution in [0.2, 0.25) is 5.02 Å². The first-order chi connectivity index (χ1) is 6.27. The first-order valence-electron chi connectivity index (χ1n) is 3.78. The second kappa shape index (κ2) is 4.67. The van der Waals surface area contributed by atoms with Crippen molar-refractivity contribution in [3.63, 3.8) is 0 Å². The highest BCUT2D eigenvalue weighted by molar-refractivity contribution is 6.30. The van der Waals surface area contributed by atoms with Crippen LogP contribution < -0.4 is 10.2 Å². The largest absolute Gasteiger partial charge is 0.492 e. The molecule has 70 valence electrons. The quantitative estimate of drug-likeness (QED) is 0.601. The van der Waals surface area contributed by atoms with Gasteiger partial charge in [0.05, 0.1) is 11.9 Å². The van der Waals surface area contributed by atoms with E-state index in [2.05, 4.69) is 10.7 Å². The number of nitroso groups, excluding NO2 is 1. The molecule has 0 spiro atoms. The van der Waals surface area contributed by atoms with Gasteiger partial charge in [-0.2, -0.15) is 0 Å². The van der Waals surface area contributed by atoms with Crippen molar-refractivity contribution >= 4 is 17.3 Å². The van der Waals surface area contributed by atoms with Crippen molar-refractivity contribution in [1.82, 2.24) is 0 Å². The van der Waals surface area contributed by atoms with Crippen LogP contribution in [-0.2, 0) is 0 Å². The minimum absolute atomic E-state index is 0.508. The van der Waals surface area contributed by atoms with Crippen LogP contribution in [0.4, 0.5) is 5.69 Å². The number of anilines is 1. The van der Waals surface area contributed by atoms with Gasteiger partial charge >= 0.3 is 0 Å². The highest BCUT2D eigenvalue weighted by atomic mass is 35.5. The molecule has 0 unspecified atom stereocenters. The summed E-state index contributed by atoms with van der Waals surface area (Å²) in [6.07, 6.45) is 0. The summed E-state index contributed by atoms with van der Waals surface area (Å²) >= 11 is 5.74. The molecule has 1 aromatic carbocycles. The van der Waals surface area contributed by atoms with Crippen LogP contribution in [-0.4, -0.2) is 6.61 Å². The number of hydrogen-bond acceptors (Lipinski definition) is 3. The van der Waals surface area contributed by atoms with E-state index >= 15 is 0 Å². The van der Waals surface area contributed by atoms with Crippen molar-refractivity contribution < 1.29 is 4.74 Å². The van der Waals surface area contributed by atoms with E-state index in [0.717, 1.165) is 0 Å². The van der Waals surface area contributed by atoms with Gasteiger partial charge in [-0.15, -0.1) is 4.91 Å². The number of nitrogens with one attached hydrogen (secondary N) is 1. The summed E-state index contributed by atoms with van der Waals surface area (Å²) in [5.74, 6) is 0.523. The molecule has 1 N–H and O–H groups in total. The fraction of sp³-hybridized carbons (Fsp3) is 0.250. The summed E-state index contributed by atoms with van der Waals surface area (Å²) < 4.78 is 5.22. The van der Waals surface area contributed by atoms with Gasteiger partial charge in [0.1, 0.15) is 11.4 Å². The van der Waals surface area contributed by atoms with Gasteiger partial charge in [0.25, 0.3) is 0 Å². The zero-order valence-corrected chi connectivity index (χ0v) is 7.84. The van der Waals surface area contributed by atoms with Crippen molar-refractivity contribution in [2.24, 2.45) is 5.29 Å². The predicted molar refractivity (Wildman–Crippen MR) is 52.0 cm³/mol. The number of nitrogens with zero attached hydrogens (tertiary/aromatic N) is 1. The van der Waals surface area contributed by atoms with E-state index in [4.69, 9.17) is 16.3 Å². The Balaban J connectivity index is 2.95. The van der Waals surface area contributed by atoms with Gasteiger partial charge in [-0.1, -0.05) is 11.6 Å². The average molecular weight is 201 g/mol. The van der Waals surface area contributed by atoms with E-state index in [1.165, 1.54) is 0 Å². The Hall–Kier alpha value is -1.29. The van der Waals surface area contributed by atoms with Gasteiger partial charge in [-0.3, -0.25) is 0 Å². The summed E-state index contributed by atoms with van der Waals surface area (Å²) in [5.41, 5.74) is 2.79. The minimum atomic E-state index is 0.508. The first-order valence-corrected chi connectivity index (χ1v) is 4.16. The molecular formula is C8H9ClN2O2. The van der Waals surface area contributed by atoms with Crippen molar-refractivity contribution in [1.29, 1.82) is 0 Å². The number of hydrogen-bond donors (Lipinski definition) is 1. The van der Waals surface area contributed by atoms with E-state index in [-0.39, 0.29) is 0 Å². The third kappa shape index (κ3) is 2.59. The molecule has 0 saturated heterocycles. The van der Waals surface area contributed by atoms with Gasteiger partial charge in [0, 0.05) is 11.1 Å². The predicted octanol–water partition coefficient (Wildman–Crippen LogP) is 2.83. The number of rotatable bonds is 4. The Morgan fingerprint density at radius 2 is 2.38 bits per heavy atom. The van der Waals surface area contributed by atoms with Gasteiger partial charge in [-0.25, -0.2) is 5.43 Å². The van der Waals surface area contributed by atoms with Crippen molar-refractivity contribution in [2.45, 2.75) is 6.92 Å². The van der Waals surface area contributed by atoms with E-state index in [9.17, 15) is 4.91 Å². The zero-order chi connectivity index (χ0) is 9.68. The Morgan fingerprint density at radius 1 is 1.62 bits per heavy atom. The molecule has 1 rings (SSSR count). The molecule has 0 saturated carbocycles. The summed E-state index contributed by atoms with van der Waals surface area (Å²) in [6, 6.07) is 4.91. The lowest BCUT2D eigenvalue weighted by atomic mass is 10.3. The van der Waals surface area contributed by atoms with Crippen LogP contribution in [0.5, 0.6) is 5.75 Å². The number of benzene rings is 1. The standard InChI is InChI=1S/C8H9ClN2O2/c1-2-13-8-5-6(9)3-4-7(8)10-11-12/h3-5H,2H2,1H3,(H,10,12). The highest BCUT2D eigenvalue weighted by Gasteiger charge is 2.03. The summed E-state index contributed by atoms with van der Waals surface area (Å²) in [7, 11) is 0. The number of ether oxygens (including phenoxy) is 1. The van der Waals surface area contributed by atoms with Crippen LogP contribution >= 0.6 is 11.6 Å². The summed E-state index contributed by atoms with van der Waals surface area (Å²) in [6.45, 7) is 2.35. The lowest BCUT2D eigenvalue weighted by Crippen LogP contribution is -1.96. The molecule has 0 amide bonds. The SMILES string of the molecule is CCOc1cc(Cl)ccc1NN=O. The fourth-order valence-corrected chi connectivity index (χ4v) is 1.07. The maximum absolute atomic E-state index is 9.97. The molecule has 0 atom stereocenters. The monoisotopic (exact) mass is 200 g/mol. The van der Waals surface area contributed by atoms with Gasteiger partial charge in [-0.05, 0) is 19.1 Å². The molecular weight excluding hydrogens is 192 g/mol. The molecule has 4 nitrogen and oxygen atoms in total. The van der Waals surface area contributed by atoms with E-state index in [0.29, 0.717) is 23.1 Å². The van der Waals surface area contributed by atoms with Crippen LogP contribution in [0.15, 0.2) is 23.5 Å². The van der Waals surface area contributed by atoms with Crippen molar-refractivity contribution in [3.8, 4) is 5.75 Å². The second-order valence-corrected chi connectivity index (χ2v) is 2.71. The third-order valence-corrected chi connectivity index (χ3v) is 1.64. The summed E-state index contributed by atoms with van der Waals surface area (Å²) in [4.78, 5) is 9.97. The Labute approximate surface area is 80.8 Å². The van der Waals surface area contributed by atoms with E-state index in [1.807, 2.05) is 6.92 Å². The Kier molecular flexibility index (Phi) is 3.52. The second-order valence-electron chi connectivity index (χ2n) is 2.28. The van der Waals surface area contributed by atoms with Crippen molar-refractivity contribution in [3.05, 3.63) is 28.1 Å². The minimum Gasteiger partial charge on any atom is -0.492 e. The zero-order valence-electron chi connectivity index (χ0n) is 7.08. The van der Waals surface area contributed by atoms with Crippen LogP contribution in [0.25, 0.3) is 0 Å². The van der Waals surface area contributed by atoms with Gasteiger partial charge in [0.2, 0.25) is 0 Å². The van der Waals surface area contributed by atoms with Crippen LogP contribution in [0.1, 0.15) is 6.92 Å². The van der Waals surface area contributed by atoms with E-state index < -0.39 is 0 Å². The molecule has 1 aromatic rings. The molecule has 0 radical (unpaired) electrons. The van der Waals surface area contributed by atoms with Gasteiger partial charge in [0.15, 0.2) is 0 Å². The van der Waals surface area contributed by atoms with Crippen molar-refractivity contribution in [2.75, 3.05) is 12.0 Å². The van der Waals surface area contributed by atoms with Gasteiger partial charge < -0.3 is 4.74 Å². The molecule has 0 fully saturated rings. The van der Waals surface area contributed by atoms with E-state index in [1.54, 1.807) is 18.2 Å². The topological polar surface area (TPSA) is 50.7 Å². The highest BCUT2D eigenvalue weighted by Crippen LogP contribution is 2.27. The van der Waals surface area contributed by atoms with Crippen LogP contribution in [0.3, 0.4) is 0 Å². The Bertz CT molecular complexity index is 304. The lowest BCUT2D eigenvalue weighted by Gasteiger charge is -2.07. The average Bonchev–Trinajstić information content (AvgIpc) is 2.10. The molecule has 0 heterocycles. The molecule has 0 aliphatic rings. The lowest BCUT2D eigenvalue weighted by molar-refractivity contribution is 0.342. The summed E-state index contributed by atoms with van der Waals surface area (Å²) in [5, 5.41) is 3.11. The molecule has 0 aliphatic heterocycles. The third-order valence-electron chi connectivity index (χ3n) is 1.41.